The third-order valence-corrected chi connectivity index (χ3v) is 4.26. The second-order valence-corrected chi connectivity index (χ2v) is 6.36. The average Bonchev–Trinajstić information content (AvgIpc) is 2.72. The fourth-order valence-electron chi connectivity index (χ4n) is 2.61. The zero-order chi connectivity index (χ0) is 12.3. The molecule has 1 unspecified atom stereocenters. The summed E-state index contributed by atoms with van der Waals surface area (Å²) < 4.78 is 0. The predicted octanol–water partition coefficient (Wildman–Crippen LogP) is 2.67. The molecular formula is C13H23N3S. The molecule has 0 spiro atoms. The summed E-state index contributed by atoms with van der Waals surface area (Å²) in [5, 5.41) is 6.97. The van der Waals surface area contributed by atoms with Crippen LogP contribution in [0.15, 0.2) is 11.6 Å². The summed E-state index contributed by atoms with van der Waals surface area (Å²) in [6.07, 6.45) is 4.29. The van der Waals surface area contributed by atoms with Crippen molar-refractivity contribution in [3.8, 4) is 0 Å². The Balaban J connectivity index is 2.13. The van der Waals surface area contributed by atoms with Gasteiger partial charge >= 0.3 is 0 Å². The van der Waals surface area contributed by atoms with E-state index in [1.165, 1.54) is 18.0 Å². The SMILES string of the molecule is CCC(c1nccs1)N1CCCNC(C)(C)C1. The van der Waals surface area contributed by atoms with Crippen LogP contribution in [0.25, 0.3) is 0 Å². The fraction of sp³-hybridized carbons (Fsp3) is 0.769. The summed E-state index contributed by atoms with van der Waals surface area (Å²) in [6, 6.07) is 0.495. The summed E-state index contributed by atoms with van der Waals surface area (Å²) in [4.78, 5) is 7.09. The zero-order valence-corrected chi connectivity index (χ0v) is 11.9. The quantitative estimate of drug-likeness (QED) is 0.897. The van der Waals surface area contributed by atoms with E-state index in [-0.39, 0.29) is 5.54 Å². The summed E-state index contributed by atoms with van der Waals surface area (Å²) >= 11 is 1.78. The lowest BCUT2D eigenvalue weighted by molar-refractivity contribution is 0.165. The van der Waals surface area contributed by atoms with Gasteiger partial charge in [-0.05, 0) is 33.2 Å². The first-order chi connectivity index (χ1) is 8.12. The minimum Gasteiger partial charge on any atom is -0.310 e. The lowest BCUT2D eigenvalue weighted by atomic mass is 10.0. The van der Waals surface area contributed by atoms with Gasteiger partial charge in [-0.1, -0.05) is 6.92 Å². The number of aromatic nitrogens is 1. The molecule has 0 radical (unpaired) electrons. The summed E-state index contributed by atoms with van der Waals surface area (Å²) in [5.74, 6) is 0. The maximum absolute atomic E-state index is 4.50. The first-order valence-corrected chi connectivity index (χ1v) is 7.39. The van der Waals surface area contributed by atoms with Gasteiger partial charge in [-0.25, -0.2) is 4.98 Å². The summed E-state index contributed by atoms with van der Waals surface area (Å²) in [7, 11) is 0. The molecule has 1 aromatic heterocycles. The molecule has 1 aliphatic rings. The topological polar surface area (TPSA) is 28.2 Å². The molecule has 0 aliphatic carbocycles. The van der Waals surface area contributed by atoms with E-state index in [9.17, 15) is 0 Å². The van der Waals surface area contributed by atoms with E-state index in [2.05, 4.69) is 41.4 Å². The van der Waals surface area contributed by atoms with Gasteiger partial charge in [0.1, 0.15) is 5.01 Å². The number of nitrogens with one attached hydrogen (secondary N) is 1. The minimum absolute atomic E-state index is 0.210. The largest absolute Gasteiger partial charge is 0.310 e. The van der Waals surface area contributed by atoms with Crippen LogP contribution in [0.5, 0.6) is 0 Å². The summed E-state index contributed by atoms with van der Waals surface area (Å²) in [5.41, 5.74) is 0.210. The average molecular weight is 253 g/mol. The van der Waals surface area contributed by atoms with E-state index in [1.807, 2.05) is 6.20 Å². The van der Waals surface area contributed by atoms with Crippen molar-refractivity contribution in [2.45, 2.75) is 45.2 Å². The lowest BCUT2D eigenvalue weighted by Crippen LogP contribution is -2.47. The molecule has 1 aromatic rings. The van der Waals surface area contributed by atoms with Gasteiger partial charge in [0, 0.05) is 30.2 Å². The molecule has 1 N–H and O–H groups in total. The predicted molar refractivity (Wildman–Crippen MR) is 73.4 cm³/mol. The van der Waals surface area contributed by atoms with E-state index in [0.717, 1.165) is 19.5 Å². The van der Waals surface area contributed by atoms with E-state index >= 15 is 0 Å². The molecule has 4 heteroatoms. The van der Waals surface area contributed by atoms with Gasteiger partial charge in [0.25, 0.3) is 0 Å². The summed E-state index contributed by atoms with van der Waals surface area (Å²) in [6.45, 7) is 10.2. The highest BCUT2D eigenvalue weighted by atomic mass is 32.1. The molecular weight excluding hydrogens is 230 g/mol. The van der Waals surface area contributed by atoms with Gasteiger partial charge in [-0.3, -0.25) is 4.90 Å². The molecule has 1 aliphatic heterocycles. The molecule has 2 rings (SSSR count). The second kappa shape index (κ2) is 5.46. The molecule has 96 valence electrons. The number of rotatable bonds is 3. The number of nitrogens with zero attached hydrogens (tertiary/aromatic N) is 2. The minimum atomic E-state index is 0.210. The molecule has 0 amide bonds. The van der Waals surface area contributed by atoms with Crippen molar-refractivity contribution < 1.29 is 0 Å². The molecule has 0 saturated carbocycles. The van der Waals surface area contributed by atoms with Crippen LogP contribution in [0.4, 0.5) is 0 Å². The molecule has 1 saturated heterocycles. The van der Waals surface area contributed by atoms with Crippen LogP contribution in [0.1, 0.15) is 44.7 Å². The van der Waals surface area contributed by atoms with Gasteiger partial charge in [-0.15, -0.1) is 11.3 Å². The van der Waals surface area contributed by atoms with Crippen LogP contribution in [0, 0.1) is 0 Å². The van der Waals surface area contributed by atoms with Gasteiger partial charge in [0.15, 0.2) is 0 Å². The molecule has 1 atom stereocenters. The van der Waals surface area contributed by atoms with Crippen molar-refractivity contribution in [1.29, 1.82) is 0 Å². The second-order valence-electron chi connectivity index (χ2n) is 5.43. The van der Waals surface area contributed by atoms with Crippen molar-refractivity contribution in [3.05, 3.63) is 16.6 Å². The first-order valence-electron chi connectivity index (χ1n) is 6.51. The van der Waals surface area contributed by atoms with Crippen molar-refractivity contribution in [2.75, 3.05) is 19.6 Å². The van der Waals surface area contributed by atoms with Crippen LogP contribution in [-0.2, 0) is 0 Å². The Morgan fingerprint density at radius 1 is 1.59 bits per heavy atom. The van der Waals surface area contributed by atoms with Crippen LogP contribution in [-0.4, -0.2) is 35.1 Å². The van der Waals surface area contributed by atoms with Gasteiger partial charge in [0.05, 0.1) is 6.04 Å². The number of thiazole rings is 1. The normalized spacial score (nSPS) is 23.2. The fourth-order valence-corrected chi connectivity index (χ4v) is 3.46. The van der Waals surface area contributed by atoms with E-state index < -0.39 is 0 Å². The van der Waals surface area contributed by atoms with Crippen molar-refractivity contribution in [1.82, 2.24) is 15.2 Å². The lowest BCUT2D eigenvalue weighted by Gasteiger charge is -2.34. The Morgan fingerprint density at radius 3 is 3.06 bits per heavy atom. The first kappa shape index (κ1) is 13.0. The van der Waals surface area contributed by atoms with Crippen LogP contribution in [0.3, 0.4) is 0 Å². The zero-order valence-electron chi connectivity index (χ0n) is 11.1. The third-order valence-electron chi connectivity index (χ3n) is 3.39. The number of hydrogen-bond acceptors (Lipinski definition) is 4. The van der Waals surface area contributed by atoms with E-state index in [1.54, 1.807) is 11.3 Å². The van der Waals surface area contributed by atoms with Crippen molar-refractivity contribution in [2.24, 2.45) is 0 Å². The molecule has 3 nitrogen and oxygen atoms in total. The third kappa shape index (κ3) is 3.27. The Bertz CT molecular complexity index is 334. The Kier molecular flexibility index (Phi) is 4.17. The van der Waals surface area contributed by atoms with Gasteiger partial charge in [-0.2, -0.15) is 0 Å². The monoisotopic (exact) mass is 253 g/mol. The Labute approximate surface area is 108 Å². The van der Waals surface area contributed by atoms with Crippen LogP contribution in [0.2, 0.25) is 0 Å². The Hall–Kier alpha value is -0.450. The highest BCUT2D eigenvalue weighted by Crippen LogP contribution is 2.28. The van der Waals surface area contributed by atoms with Gasteiger partial charge in [0.2, 0.25) is 0 Å². The van der Waals surface area contributed by atoms with E-state index in [4.69, 9.17) is 0 Å². The Morgan fingerprint density at radius 2 is 2.41 bits per heavy atom. The molecule has 0 aromatic carbocycles. The highest BCUT2D eigenvalue weighted by molar-refractivity contribution is 7.09. The van der Waals surface area contributed by atoms with E-state index in [0.29, 0.717) is 6.04 Å². The molecule has 1 fully saturated rings. The van der Waals surface area contributed by atoms with Crippen LogP contribution >= 0.6 is 11.3 Å². The van der Waals surface area contributed by atoms with Crippen molar-refractivity contribution >= 4 is 11.3 Å². The number of hydrogen-bond donors (Lipinski definition) is 1. The maximum atomic E-state index is 4.50. The molecule has 2 heterocycles. The highest BCUT2D eigenvalue weighted by Gasteiger charge is 2.29. The smallest absolute Gasteiger partial charge is 0.110 e. The standard InChI is InChI=1S/C13H23N3S/c1-4-11(12-14-7-9-17-12)16-8-5-6-15-13(2,3)10-16/h7,9,11,15H,4-6,8,10H2,1-3H3. The van der Waals surface area contributed by atoms with Crippen LogP contribution < -0.4 is 5.32 Å². The van der Waals surface area contributed by atoms with Crippen molar-refractivity contribution in [3.63, 3.8) is 0 Å². The maximum Gasteiger partial charge on any atom is 0.110 e. The van der Waals surface area contributed by atoms with Gasteiger partial charge < -0.3 is 5.32 Å². The molecule has 0 bridgehead atoms. The molecule has 17 heavy (non-hydrogen) atoms.